The Morgan fingerprint density at radius 3 is 2.40 bits per heavy atom. The number of carbonyl (C=O) groups is 1. The van der Waals surface area contributed by atoms with E-state index in [-0.39, 0.29) is 11.3 Å². The lowest BCUT2D eigenvalue weighted by molar-refractivity contribution is -0.112. The smallest absolute Gasteiger partial charge is 0.266 e. The van der Waals surface area contributed by atoms with Crippen molar-refractivity contribution in [2.45, 2.75) is 0 Å². The SMILES string of the molecule is COc1cc(OC)c(/C=C(\C#N)C(=O)Nc2ccc(O)cc2)cc1Cl. The first-order valence-corrected chi connectivity index (χ1v) is 7.50. The number of rotatable bonds is 5. The lowest BCUT2D eigenvalue weighted by atomic mass is 10.1. The maximum Gasteiger partial charge on any atom is 0.266 e. The van der Waals surface area contributed by atoms with E-state index in [2.05, 4.69) is 5.32 Å². The van der Waals surface area contributed by atoms with Crippen LogP contribution in [0, 0.1) is 11.3 Å². The maximum atomic E-state index is 12.3. The second kappa shape index (κ2) is 8.08. The minimum absolute atomic E-state index is 0.0756. The molecule has 2 rings (SSSR count). The number of halogens is 1. The van der Waals surface area contributed by atoms with Crippen molar-refractivity contribution in [1.29, 1.82) is 5.26 Å². The van der Waals surface area contributed by atoms with Crippen molar-refractivity contribution in [3.8, 4) is 23.3 Å². The molecule has 0 unspecified atom stereocenters. The highest BCUT2D eigenvalue weighted by Gasteiger charge is 2.13. The summed E-state index contributed by atoms with van der Waals surface area (Å²) in [7, 11) is 2.94. The lowest BCUT2D eigenvalue weighted by Gasteiger charge is -2.10. The average molecular weight is 359 g/mol. The number of ether oxygens (including phenoxy) is 2. The second-order valence-corrected chi connectivity index (χ2v) is 5.31. The van der Waals surface area contributed by atoms with E-state index >= 15 is 0 Å². The number of benzene rings is 2. The topological polar surface area (TPSA) is 91.6 Å². The summed E-state index contributed by atoms with van der Waals surface area (Å²) in [4.78, 5) is 12.3. The number of anilines is 1. The number of methoxy groups -OCH3 is 2. The molecule has 0 saturated heterocycles. The van der Waals surface area contributed by atoms with E-state index in [1.165, 1.54) is 44.6 Å². The molecular formula is C18H15ClN2O4. The zero-order valence-corrected chi connectivity index (χ0v) is 14.3. The molecule has 1 amide bonds. The first kappa shape index (κ1) is 18.2. The van der Waals surface area contributed by atoms with Gasteiger partial charge in [0.15, 0.2) is 0 Å². The molecule has 0 atom stereocenters. The molecule has 0 heterocycles. The third kappa shape index (κ3) is 4.43. The highest BCUT2D eigenvalue weighted by Crippen LogP contribution is 2.33. The van der Waals surface area contributed by atoms with E-state index in [0.29, 0.717) is 27.8 Å². The molecule has 6 nitrogen and oxygen atoms in total. The average Bonchev–Trinajstić information content (AvgIpc) is 2.61. The first-order chi connectivity index (χ1) is 12.0. The number of nitrogens with zero attached hydrogens (tertiary/aromatic N) is 1. The van der Waals surface area contributed by atoms with E-state index in [1.807, 2.05) is 6.07 Å². The van der Waals surface area contributed by atoms with Gasteiger partial charge in [-0.25, -0.2) is 0 Å². The van der Waals surface area contributed by atoms with Gasteiger partial charge in [-0.15, -0.1) is 0 Å². The highest BCUT2D eigenvalue weighted by atomic mass is 35.5. The summed E-state index contributed by atoms with van der Waals surface area (Å²) in [6.07, 6.45) is 1.37. The summed E-state index contributed by atoms with van der Waals surface area (Å²) in [6, 6.07) is 10.9. The van der Waals surface area contributed by atoms with Crippen molar-refractivity contribution in [3.63, 3.8) is 0 Å². The van der Waals surface area contributed by atoms with Crippen molar-refractivity contribution < 1.29 is 19.4 Å². The van der Waals surface area contributed by atoms with Crippen LogP contribution < -0.4 is 14.8 Å². The van der Waals surface area contributed by atoms with Crippen molar-refractivity contribution in [2.75, 3.05) is 19.5 Å². The van der Waals surface area contributed by atoms with Gasteiger partial charge in [0.2, 0.25) is 0 Å². The van der Waals surface area contributed by atoms with Gasteiger partial charge in [0.05, 0.1) is 19.2 Å². The summed E-state index contributed by atoms with van der Waals surface area (Å²) in [5, 5.41) is 21.5. The van der Waals surface area contributed by atoms with E-state index in [0.717, 1.165) is 0 Å². The van der Waals surface area contributed by atoms with Gasteiger partial charge in [-0.2, -0.15) is 5.26 Å². The summed E-state index contributed by atoms with van der Waals surface area (Å²) >= 11 is 6.09. The standard InChI is InChI=1S/C18H15ClN2O4/c1-24-16-9-17(25-2)15(19)8-11(16)7-12(10-20)18(23)21-13-3-5-14(22)6-4-13/h3-9,22H,1-2H3,(H,21,23)/b12-7+. The highest BCUT2D eigenvalue weighted by molar-refractivity contribution is 6.32. The number of nitrogens with one attached hydrogen (secondary N) is 1. The molecule has 0 saturated carbocycles. The van der Waals surface area contributed by atoms with Crippen LogP contribution in [-0.2, 0) is 4.79 Å². The number of phenolic OH excluding ortho intramolecular Hbond substituents is 1. The van der Waals surface area contributed by atoms with E-state index < -0.39 is 5.91 Å². The Kier molecular flexibility index (Phi) is 5.88. The largest absolute Gasteiger partial charge is 0.508 e. The van der Waals surface area contributed by atoms with Crippen LogP contribution in [0.5, 0.6) is 17.2 Å². The van der Waals surface area contributed by atoms with Crippen molar-refractivity contribution >= 4 is 29.3 Å². The van der Waals surface area contributed by atoms with Gasteiger partial charge in [-0.05, 0) is 36.4 Å². The minimum Gasteiger partial charge on any atom is -0.508 e. The van der Waals surface area contributed by atoms with Gasteiger partial charge in [0.1, 0.15) is 28.9 Å². The summed E-state index contributed by atoms with van der Waals surface area (Å²) in [5.74, 6) is 0.308. The molecule has 0 spiro atoms. The number of amides is 1. The maximum absolute atomic E-state index is 12.3. The molecule has 7 heteroatoms. The van der Waals surface area contributed by atoms with Crippen LogP contribution in [0.4, 0.5) is 5.69 Å². The molecule has 0 radical (unpaired) electrons. The molecule has 0 aromatic heterocycles. The second-order valence-electron chi connectivity index (χ2n) is 4.90. The molecular weight excluding hydrogens is 344 g/mol. The zero-order valence-electron chi connectivity index (χ0n) is 13.5. The summed E-state index contributed by atoms with van der Waals surface area (Å²) < 4.78 is 10.4. The molecule has 2 N–H and O–H groups in total. The molecule has 0 fully saturated rings. The van der Waals surface area contributed by atoms with Gasteiger partial charge in [-0.3, -0.25) is 4.79 Å². The number of phenols is 1. The Bertz CT molecular complexity index is 855. The Morgan fingerprint density at radius 1 is 1.20 bits per heavy atom. The predicted octanol–water partition coefficient (Wildman–Crippen LogP) is 3.61. The Morgan fingerprint density at radius 2 is 1.84 bits per heavy atom. The van der Waals surface area contributed by atoms with E-state index in [1.54, 1.807) is 12.1 Å². The Balaban J connectivity index is 2.33. The number of carbonyl (C=O) groups excluding carboxylic acids is 1. The molecule has 0 bridgehead atoms. The number of nitriles is 1. The molecule has 0 aliphatic heterocycles. The van der Waals surface area contributed by atoms with Crippen LogP contribution in [0.15, 0.2) is 42.0 Å². The third-order valence-electron chi connectivity index (χ3n) is 3.29. The lowest BCUT2D eigenvalue weighted by Crippen LogP contribution is -2.13. The Labute approximate surface area is 149 Å². The fraction of sp³-hybridized carbons (Fsp3) is 0.111. The number of hydrogen-bond donors (Lipinski definition) is 2. The molecule has 128 valence electrons. The van der Waals surface area contributed by atoms with E-state index in [9.17, 15) is 15.2 Å². The molecule has 25 heavy (non-hydrogen) atoms. The van der Waals surface area contributed by atoms with Crippen LogP contribution in [0.2, 0.25) is 5.02 Å². The molecule has 2 aromatic carbocycles. The monoisotopic (exact) mass is 358 g/mol. The first-order valence-electron chi connectivity index (χ1n) is 7.12. The summed E-state index contributed by atoms with van der Waals surface area (Å²) in [6.45, 7) is 0. The Hall–Kier alpha value is -3.17. The van der Waals surface area contributed by atoms with E-state index in [4.69, 9.17) is 21.1 Å². The predicted molar refractivity (Wildman–Crippen MR) is 94.9 cm³/mol. The third-order valence-corrected chi connectivity index (χ3v) is 3.59. The van der Waals surface area contributed by atoms with Gasteiger partial charge in [0, 0.05) is 17.3 Å². The normalized spacial score (nSPS) is 10.7. The van der Waals surface area contributed by atoms with Crippen molar-refractivity contribution in [1.82, 2.24) is 0 Å². The van der Waals surface area contributed by atoms with Gasteiger partial charge < -0.3 is 19.9 Å². The van der Waals surface area contributed by atoms with Crippen molar-refractivity contribution in [2.24, 2.45) is 0 Å². The van der Waals surface area contributed by atoms with Crippen molar-refractivity contribution in [3.05, 3.63) is 52.6 Å². The molecule has 0 aliphatic carbocycles. The number of hydrogen-bond acceptors (Lipinski definition) is 5. The van der Waals surface area contributed by atoms with Crippen LogP contribution >= 0.6 is 11.6 Å². The number of aromatic hydroxyl groups is 1. The molecule has 0 aliphatic rings. The fourth-order valence-corrected chi connectivity index (χ4v) is 2.29. The summed E-state index contributed by atoms with van der Waals surface area (Å²) in [5.41, 5.74) is 0.780. The van der Waals surface area contributed by atoms with Crippen LogP contribution in [0.1, 0.15) is 5.56 Å². The van der Waals surface area contributed by atoms with Gasteiger partial charge >= 0.3 is 0 Å². The molecule has 2 aromatic rings. The van der Waals surface area contributed by atoms with Gasteiger partial charge in [0.25, 0.3) is 5.91 Å². The van der Waals surface area contributed by atoms with Crippen LogP contribution in [0.25, 0.3) is 6.08 Å². The zero-order chi connectivity index (χ0) is 18.4. The van der Waals surface area contributed by atoms with Crippen LogP contribution in [-0.4, -0.2) is 25.2 Å². The quantitative estimate of drug-likeness (QED) is 0.484. The van der Waals surface area contributed by atoms with Gasteiger partial charge in [-0.1, -0.05) is 11.6 Å². The minimum atomic E-state index is -0.595. The fourth-order valence-electron chi connectivity index (χ4n) is 2.04. The van der Waals surface area contributed by atoms with Crippen LogP contribution in [0.3, 0.4) is 0 Å².